The first kappa shape index (κ1) is 13.2. The Morgan fingerprint density at radius 3 is 2.95 bits per heavy atom. The fourth-order valence-corrected chi connectivity index (χ4v) is 1.67. The van der Waals surface area contributed by atoms with E-state index in [1.807, 2.05) is 24.3 Å². The van der Waals surface area contributed by atoms with Gasteiger partial charge in [-0.05, 0) is 30.7 Å². The van der Waals surface area contributed by atoms with E-state index >= 15 is 0 Å². The molecule has 0 radical (unpaired) electrons. The third-order valence-corrected chi connectivity index (χ3v) is 2.65. The summed E-state index contributed by atoms with van der Waals surface area (Å²) < 4.78 is 10.5. The number of rotatable bonds is 5. The summed E-state index contributed by atoms with van der Waals surface area (Å²) in [5.41, 5.74) is 0.879. The van der Waals surface area contributed by atoms with E-state index in [-0.39, 0.29) is 0 Å². The molecule has 0 aliphatic heterocycles. The molecule has 2 aromatic rings. The van der Waals surface area contributed by atoms with Crippen LogP contribution < -0.4 is 10.1 Å². The SMILES string of the molecule is CCCCNC(=O)Oc1cccc(-c2ccco2)c1. The molecule has 0 fully saturated rings. The van der Waals surface area contributed by atoms with Crippen molar-refractivity contribution in [1.29, 1.82) is 0 Å². The van der Waals surface area contributed by atoms with Crippen LogP contribution in [0.15, 0.2) is 47.1 Å². The van der Waals surface area contributed by atoms with E-state index in [0.717, 1.165) is 24.2 Å². The fraction of sp³-hybridized carbons (Fsp3) is 0.267. The zero-order valence-electron chi connectivity index (χ0n) is 10.9. The first-order valence-corrected chi connectivity index (χ1v) is 6.39. The standard InChI is InChI=1S/C15H17NO3/c1-2-3-9-16-15(17)19-13-7-4-6-12(11-13)14-8-5-10-18-14/h4-8,10-11H,2-3,9H2,1H3,(H,16,17). The molecule has 0 saturated heterocycles. The third-order valence-electron chi connectivity index (χ3n) is 2.65. The van der Waals surface area contributed by atoms with Gasteiger partial charge in [0.2, 0.25) is 0 Å². The Morgan fingerprint density at radius 2 is 2.21 bits per heavy atom. The van der Waals surface area contributed by atoms with Gasteiger partial charge in [-0.25, -0.2) is 4.79 Å². The number of benzene rings is 1. The molecule has 100 valence electrons. The fourth-order valence-electron chi connectivity index (χ4n) is 1.67. The summed E-state index contributed by atoms with van der Waals surface area (Å²) in [4.78, 5) is 11.5. The summed E-state index contributed by atoms with van der Waals surface area (Å²) in [5.74, 6) is 1.25. The lowest BCUT2D eigenvalue weighted by Gasteiger charge is -2.06. The van der Waals surface area contributed by atoms with Crippen LogP contribution in [0.2, 0.25) is 0 Å². The van der Waals surface area contributed by atoms with Gasteiger partial charge < -0.3 is 14.5 Å². The molecule has 0 spiro atoms. The Hall–Kier alpha value is -2.23. The summed E-state index contributed by atoms with van der Waals surface area (Å²) in [6.45, 7) is 2.70. The van der Waals surface area contributed by atoms with Crippen LogP contribution in [0.1, 0.15) is 19.8 Å². The molecule has 0 unspecified atom stereocenters. The minimum Gasteiger partial charge on any atom is -0.464 e. The molecule has 1 heterocycles. The van der Waals surface area contributed by atoms with Crippen LogP contribution in [0.4, 0.5) is 4.79 Å². The molecule has 1 aromatic heterocycles. The number of amides is 1. The normalized spacial score (nSPS) is 10.2. The minimum atomic E-state index is -0.426. The molecular weight excluding hydrogens is 242 g/mol. The average molecular weight is 259 g/mol. The topological polar surface area (TPSA) is 51.5 Å². The lowest BCUT2D eigenvalue weighted by molar-refractivity contribution is 0.200. The number of unbranched alkanes of at least 4 members (excludes halogenated alkanes) is 1. The van der Waals surface area contributed by atoms with Crippen molar-refractivity contribution in [2.24, 2.45) is 0 Å². The van der Waals surface area contributed by atoms with Gasteiger partial charge in [0.1, 0.15) is 11.5 Å². The van der Waals surface area contributed by atoms with Crippen LogP contribution in [0.5, 0.6) is 5.75 Å². The van der Waals surface area contributed by atoms with E-state index in [1.54, 1.807) is 18.4 Å². The number of ether oxygens (including phenoxy) is 1. The number of nitrogens with one attached hydrogen (secondary N) is 1. The van der Waals surface area contributed by atoms with Crippen molar-refractivity contribution in [3.63, 3.8) is 0 Å². The van der Waals surface area contributed by atoms with Gasteiger partial charge in [0, 0.05) is 12.1 Å². The monoisotopic (exact) mass is 259 g/mol. The highest BCUT2D eigenvalue weighted by molar-refractivity contribution is 5.71. The highest BCUT2D eigenvalue weighted by atomic mass is 16.6. The number of hydrogen-bond donors (Lipinski definition) is 1. The van der Waals surface area contributed by atoms with Crippen molar-refractivity contribution in [3.05, 3.63) is 42.7 Å². The van der Waals surface area contributed by atoms with Gasteiger partial charge in [0.15, 0.2) is 0 Å². The van der Waals surface area contributed by atoms with Crippen LogP contribution in [0.3, 0.4) is 0 Å². The molecule has 2 rings (SSSR count). The van der Waals surface area contributed by atoms with E-state index in [0.29, 0.717) is 12.3 Å². The predicted octanol–water partition coefficient (Wildman–Crippen LogP) is 3.84. The van der Waals surface area contributed by atoms with Crippen LogP contribution in [0, 0.1) is 0 Å². The van der Waals surface area contributed by atoms with Crippen molar-refractivity contribution in [1.82, 2.24) is 5.32 Å². The Labute approximate surface area is 112 Å². The zero-order chi connectivity index (χ0) is 13.5. The minimum absolute atomic E-state index is 0.426. The molecule has 1 N–H and O–H groups in total. The van der Waals surface area contributed by atoms with E-state index < -0.39 is 6.09 Å². The first-order chi connectivity index (χ1) is 9.29. The molecule has 0 atom stereocenters. The van der Waals surface area contributed by atoms with Crippen molar-refractivity contribution < 1.29 is 13.9 Å². The second-order valence-electron chi connectivity index (χ2n) is 4.17. The summed E-state index contributed by atoms with van der Waals surface area (Å²) >= 11 is 0. The van der Waals surface area contributed by atoms with Gasteiger partial charge in [0.25, 0.3) is 0 Å². The summed E-state index contributed by atoms with van der Waals surface area (Å²) in [5, 5.41) is 2.70. The number of carbonyl (C=O) groups is 1. The number of furan rings is 1. The van der Waals surface area contributed by atoms with Gasteiger partial charge >= 0.3 is 6.09 Å². The second-order valence-corrected chi connectivity index (χ2v) is 4.17. The Kier molecular flexibility index (Phi) is 4.61. The van der Waals surface area contributed by atoms with E-state index in [9.17, 15) is 4.79 Å². The lowest BCUT2D eigenvalue weighted by atomic mass is 10.2. The quantitative estimate of drug-likeness (QED) is 0.830. The lowest BCUT2D eigenvalue weighted by Crippen LogP contribution is -2.27. The summed E-state index contributed by atoms with van der Waals surface area (Å²) in [6, 6.07) is 10.9. The van der Waals surface area contributed by atoms with Gasteiger partial charge in [-0.1, -0.05) is 25.5 Å². The van der Waals surface area contributed by atoms with Crippen LogP contribution in [-0.2, 0) is 0 Å². The molecule has 4 heteroatoms. The summed E-state index contributed by atoms with van der Waals surface area (Å²) in [7, 11) is 0. The van der Waals surface area contributed by atoms with Crippen LogP contribution in [-0.4, -0.2) is 12.6 Å². The Balaban J connectivity index is 1.97. The molecule has 19 heavy (non-hydrogen) atoms. The maximum Gasteiger partial charge on any atom is 0.412 e. The highest BCUT2D eigenvalue weighted by Gasteiger charge is 2.06. The van der Waals surface area contributed by atoms with Gasteiger partial charge in [-0.15, -0.1) is 0 Å². The average Bonchev–Trinajstić information content (AvgIpc) is 2.93. The Bertz CT molecular complexity index is 520. The van der Waals surface area contributed by atoms with Gasteiger partial charge in [0.05, 0.1) is 6.26 Å². The van der Waals surface area contributed by atoms with E-state index in [4.69, 9.17) is 9.15 Å². The molecule has 1 amide bonds. The maximum absolute atomic E-state index is 11.5. The summed E-state index contributed by atoms with van der Waals surface area (Å²) in [6.07, 6.45) is 3.17. The Morgan fingerprint density at radius 1 is 1.32 bits per heavy atom. The highest BCUT2D eigenvalue weighted by Crippen LogP contribution is 2.24. The van der Waals surface area contributed by atoms with E-state index in [1.165, 1.54) is 0 Å². The molecule has 0 aliphatic carbocycles. The zero-order valence-corrected chi connectivity index (χ0v) is 10.9. The van der Waals surface area contributed by atoms with Crippen molar-refractivity contribution in [2.75, 3.05) is 6.54 Å². The maximum atomic E-state index is 11.5. The van der Waals surface area contributed by atoms with Gasteiger partial charge in [-0.3, -0.25) is 0 Å². The van der Waals surface area contributed by atoms with Crippen LogP contribution >= 0.6 is 0 Å². The third kappa shape index (κ3) is 3.88. The van der Waals surface area contributed by atoms with E-state index in [2.05, 4.69) is 12.2 Å². The van der Waals surface area contributed by atoms with Gasteiger partial charge in [-0.2, -0.15) is 0 Å². The number of carbonyl (C=O) groups excluding carboxylic acids is 1. The largest absolute Gasteiger partial charge is 0.464 e. The van der Waals surface area contributed by atoms with Crippen molar-refractivity contribution in [2.45, 2.75) is 19.8 Å². The second kappa shape index (κ2) is 6.64. The molecule has 1 aromatic carbocycles. The molecular formula is C15H17NO3. The molecule has 0 saturated carbocycles. The predicted molar refractivity (Wildman–Crippen MR) is 73.1 cm³/mol. The number of hydrogen-bond acceptors (Lipinski definition) is 3. The smallest absolute Gasteiger partial charge is 0.412 e. The van der Waals surface area contributed by atoms with Crippen LogP contribution in [0.25, 0.3) is 11.3 Å². The molecule has 4 nitrogen and oxygen atoms in total. The van der Waals surface area contributed by atoms with Crippen molar-refractivity contribution in [3.8, 4) is 17.1 Å². The molecule has 0 aliphatic rings. The van der Waals surface area contributed by atoms with Crippen molar-refractivity contribution >= 4 is 6.09 Å². The molecule has 0 bridgehead atoms. The first-order valence-electron chi connectivity index (χ1n) is 6.39.